The molecule has 0 bridgehead atoms. The summed E-state index contributed by atoms with van der Waals surface area (Å²) in [5.74, 6) is 0.0323. The Morgan fingerprint density at radius 1 is 0.974 bits per heavy atom. The highest BCUT2D eigenvalue weighted by Gasteiger charge is 2.16. The van der Waals surface area contributed by atoms with Crippen LogP contribution in [0.15, 0.2) is 54.1 Å². The molecule has 0 heterocycles. The third-order valence-electron chi connectivity index (χ3n) is 5.88. The first-order valence-electron chi connectivity index (χ1n) is 12.1. The molecule has 0 fully saturated rings. The van der Waals surface area contributed by atoms with Crippen molar-refractivity contribution in [1.29, 1.82) is 5.26 Å². The maximum atomic E-state index is 12.8. The van der Waals surface area contributed by atoms with E-state index in [0.717, 1.165) is 27.9 Å². The van der Waals surface area contributed by atoms with Crippen molar-refractivity contribution in [1.82, 2.24) is 0 Å². The van der Waals surface area contributed by atoms with Gasteiger partial charge >= 0.3 is 0 Å². The summed E-state index contributed by atoms with van der Waals surface area (Å²) in [4.78, 5) is 25.4. The summed E-state index contributed by atoms with van der Waals surface area (Å²) < 4.78 is 12.3. The van der Waals surface area contributed by atoms with Gasteiger partial charge < -0.3 is 20.1 Å². The Morgan fingerprint density at radius 3 is 2.45 bits per heavy atom. The van der Waals surface area contributed by atoms with Crippen molar-refractivity contribution < 1.29 is 19.1 Å². The van der Waals surface area contributed by atoms with Gasteiger partial charge in [-0.15, -0.1) is 0 Å². The van der Waals surface area contributed by atoms with E-state index < -0.39 is 5.91 Å². The number of halogens is 1. The lowest BCUT2D eigenvalue weighted by Crippen LogP contribution is -2.21. The van der Waals surface area contributed by atoms with Crippen LogP contribution in [-0.2, 0) is 9.59 Å². The fourth-order valence-corrected chi connectivity index (χ4v) is 4.44. The smallest absolute Gasteiger partial charge is 0.266 e. The Bertz CT molecular complexity index is 1440. The van der Waals surface area contributed by atoms with Crippen LogP contribution in [-0.4, -0.2) is 25.0 Å². The zero-order chi connectivity index (χ0) is 27.8. The molecule has 196 valence electrons. The lowest BCUT2D eigenvalue weighted by Gasteiger charge is -2.15. The minimum atomic E-state index is -0.502. The number of amides is 2. The maximum absolute atomic E-state index is 12.8. The molecule has 3 aromatic carbocycles. The van der Waals surface area contributed by atoms with Gasteiger partial charge in [-0.25, -0.2) is 0 Å². The topological polar surface area (TPSA) is 100 Å². The van der Waals surface area contributed by atoms with E-state index in [2.05, 4.69) is 33.2 Å². The summed E-state index contributed by atoms with van der Waals surface area (Å²) in [6.07, 6.45) is 1.50. The molecule has 0 spiro atoms. The van der Waals surface area contributed by atoms with E-state index in [1.807, 2.05) is 71.0 Å². The van der Waals surface area contributed by atoms with Crippen molar-refractivity contribution in [2.45, 2.75) is 34.6 Å². The van der Waals surface area contributed by atoms with Crippen molar-refractivity contribution in [2.75, 3.05) is 23.8 Å². The number of carbonyl (C=O) groups is 2. The number of nitrogens with one attached hydrogen (secondary N) is 2. The second-order valence-corrected chi connectivity index (χ2v) is 9.95. The Balaban J connectivity index is 1.80. The molecule has 3 aromatic rings. The quantitative estimate of drug-likeness (QED) is 0.161. The van der Waals surface area contributed by atoms with Crippen LogP contribution in [0.25, 0.3) is 6.08 Å². The van der Waals surface area contributed by atoms with Crippen molar-refractivity contribution >= 4 is 51.9 Å². The third kappa shape index (κ3) is 7.35. The normalized spacial score (nSPS) is 10.9. The van der Waals surface area contributed by atoms with Gasteiger partial charge in [-0.1, -0.05) is 24.3 Å². The maximum Gasteiger partial charge on any atom is 0.266 e. The van der Waals surface area contributed by atoms with Gasteiger partial charge in [-0.3, -0.25) is 9.59 Å². The van der Waals surface area contributed by atoms with Crippen molar-refractivity contribution in [3.63, 3.8) is 0 Å². The predicted molar refractivity (Wildman–Crippen MR) is 159 cm³/mol. The average molecular weight is 623 g/mol. The number of nitriles is 1. The zero-order valence-electron chi connectivity index (χ0n) is 22.1. The highest BCUT2D eigenvalue weighted by atomic mass is 127. The Hall–Kier alpha value is -3.84. The lowest BCUT2D eigenvalue weighted by atomic mass is 10.1. The number of aryl methyl sites for hydroxylation is 3. The first-order valence-corrected chi connectivity index (χ1v) is 13.2. The van der Waals surface area contributed by atoms with Gasteiger partial charge in [0.1, 0.15) is 11.6 Å². The first kappa shape index (κ1) is 28.7. The molecule has 3 rings (SSSR count). The molecule has 0 aliphatic rings. The second kappa shape index (κ2) is 13.1. The molecule has 0 aliphatic carbocycles. The predicted octanol–water partition coefficient (Wildman–Crippen LogP) is 6.49. The van der Waals surface area contributed by atoms with Crippen LogP contribution < -0.4 is 20.1 Å². The van der Waals surface area contributed by atoms with E-state index in [4.69, 9.17) is 9.47 Å². The minimum Gasteiger partial charge on any atom is -0.490 e. The summed E-state index contributed by atoms with van der Waals surface area (Å²) in [5.41, 5.74) is 5.92. The number of nitrogens with zero attached hydrogens (tertiary/aromatic N) is 1. The molecular formula is C30H30IN3O4. The monoisotopic (exact) mass is 623 g/mol. The van der Waals surface area contributed by atoms with Gasteiger partial charge in [0, 0.05) is 11.4 Å². The fraction of sp³-hybridized carbons (Fsp3) is 0.233. The number of hydrogen-bond acceptors (Lipinski definition) is 5. The van der Waals surface area contributed by atoms with Gasteiger partial charge in [-0.2, -0.15) is 5.26 Å². The number of rotatable bonds is 9. The van der Waals surface area contributed by atoms with E-state index in [9.17, 15) is 14.9 Å². The third-order valence-corrected chi connectivity index (χ3v) is 6.68. The van der Waals surface area contributed by atoms with Crippen molar-refractivity contribution in [3.8, 4) is 17.6 Å². The largest absolute Gasteiger partial charge is 0.490 e. The molecule has 7 nitrogen and oxygen atoms in total. The Morgan fingerprint density at radius 2 is 1.74 bits per heavy atom. The summed E-state index contributed by atoms with van der Waals surface area (Å²) >= 11 is 2.08. The second-order valence-electron chi connectivity index (χ2n) is 8.79. The number of benzene rings is 3. The molecule has 0 atom stereocenters. The molecule has 0 aliphatic heterocycles. The number of ether oxygens (including phenoxy) is 2. The molecule has 0 saturated heterocycles. The van der Waals surface area contributed by atoms with Crippen LogP contribution >= 0.6 is 22.6 Å². The van der Waals surface area contributed by atoms with Crippen LogP contribution in [0.5, 0.6) is 11.5 Å². The molecule has 0 unspecified atom stereocenters. The number of anilines is 2. The fourth-order valence-electron chi connectivity index (χ4n) is 3.66. The van der Waals surface area contributed by atoms with Gasteiger partial charge in [0.25, 0.3) is 11.8 Å². The highest BCUT2D eigenvalue weighted by Crippen LogP contribution is 2.35. The molecule has 0 radical (unpaired) electrons. The summed E-state index contributed by atoms with van der Waals surface area (Å²) in [7, 11) is 0. The molecule has 2 N–H and O–H groups in total. The van der Waals surface area contributed by atoms with Gasteiger partial charge in [-0.05, 0) is 115 Å². The van der Waals surface area contributed by atoms with E-state index in [1.165, 1.54) is 6.08 Å². The Kier molecular flexibility index (Phi) is 9.91. The van der Waals surface area contributed by atoms with Gasteiger partial charge in [0.2, 0.25) is 0 Å². The molecular weight excluding hydrogens is 593 g/mol. The first-order chi connectivity index (χ1) is 18.1. The average Bonchev–Trinajstić information content (AvgIpc) is 2.87. The van der Waals surface area contributed by atoms with Gasteiger partial charge in [0.05, 0.1) is 10.2 Å². The zero-order valence-corrected chi connectivity index (χ0v) is 24.2. The van der Waals surface area contributed by atoms with E-state index in [0.29, 0.717) is 32.9 Å². The summed E-state index contributed by atoms with van der Waals surface area (Å²) in [5, 5.41) is 15.4. The highest BCUT2D eigenvalue weighted by molar-refractivity contribution is 14.1. The van der Waals surface area contributed by atoms with Crippen LogP contribution in [0.1, 0.15) is 34.7 Å². The van der Waals surface area contributed by atoms with Gasteiger partial charge in [0.15, 0.2) is 18.1 Å². The van der Waals surface area contributed by atoms with Crippen molar-refractivity contribution in [3.05, 3.63) is 85.5 Å². The minimum absolute atomic E-state index is 0.0503. The number of carbonyl (C=O) groups excluding carboxylic acids is 2. The lowest BCUT2D eigenvalue weighted by molar-refractivity contribution is -0.118. The van der Waals surface area contributed by atoms with E-state index in [1.54, 1.807) is 18.2 Å². The molecule has 8 heteroatoms. The van der Waals surface area contributed by atoms with E-state index >= 15 is 0 Å². The van der Waals surface area contributed by atoms with E-state index in [-0.39, 0.29) is 18.1 Å². The standard InChI is InChI=1S/C30H30IN3O4/c1-6-37-27-15-22(13-23(16-32)30(36)34-25-9-7-8-19(3)21(25)5)14-24(31)29(27)38-17-28(35)33-26-12-18(2)10-11-20(26)4/h7-15H,6,17H2,1-5H3,(H,33,35)(H,34,36)/b23-13-. The van der Waals surface area contributed by atoms with Crippen LogP contribution in [0, 0.1) is 42.6 Å². The summed E-state index contributed by atoms with van der Waals surface area (Å²) in [6.45, 7) is 9.76. The number of hydrogen-bond donors (Lipinski definition) is 2. The molecule has 0 aromatic heterocycles. The van der Waals surface area contributed by atoms with Crippen molar-refractivity contribution in [2.24, 2.45) is 0 Å². The molecule has 0 saturated carbocycles. The summed E-state index contributed by atoms with van der Waals surface area (Å²) in [6, 6.07) is 16.9. The molecule has 2 amide bonds. The van der Waals surface area contributed by atoms with Crippen LogP contribution in [0.2, 0.25) is 0 Å². The molecule has 38 heavy (non-hydrogen) atoms. The van der Waals surface area contributed by atoms with Crippen LogP contribution in [0.4, 0.5) is 11.4 Å². The SMILES string of the molecule is CCOc1cc(/C=C(/C#N)C(=O)Nc2cccc(C)c2C)cc(I)c1OCC(=O)Nc1cc(C)ccc1C. The Labute approximate surface area is 237 Å². The van der Waals surface area contributed by atoms with Crippen LogP contribution in [0.3, 0.4) is 0 Å².